The van der Waals surface area contributed by atoms with Crippen molar-refractivity contribution in [3.63, 3.8) is 0 Å². The van der Waals surface area contributed by atoms with Crippen molar-refractivity contribution in [1.82, 2.24) is 0 Å². The van der Waals surface area contributed by atoms with Crippen molar-refractivity contribution in [2.24, 2.45) is 0 Å². The highest BCUT2D eigenvalue weighted by molar-refractivity contribution is 5.78. The molecule has 1 unspecified atom stereocenters. The standard InChI is InChI=1S/C17H17FO4/c1-20-12-6-5-7-13(10-12)22-11-15(17(19)21-2)14-8-3-4-9-16(14)18/h3-10,15H,11H2,1-2H3. The van der Waals surface area contributed by atoms with Crippen molar-refractivity contribution in [1.29, 1.82) is 0 Å². The Morgan fingerprint density at radius 3 is 2.50 bits per heavy atom. The third-order valence-electron chi connectivity index (χ3n) is 3.22. The molecule has 0 spiro atoms. The van der Waals surface area contributed by atoms with E-state index in [1.54, 1.807) is 49.6 Å². The first-order valence-corrected chi connectivity index (χ1v) is 6.74. The molecule has 0 N–H and O–H groups in total. The van der Waals surface area contributed by atoms with Crippen LogP contribution in [-0.4, -0.2) is 26.8 Å². The maximum Gasteiger partial charge on any atom is 0.316 e. The van der Waals surface area contributed by atoms with Gasteiger partial charge in [-0.1, -0.05) is 24.3 Å². The van der Waals surface area contributed by atoms with Gasteiger partial charge in [0.25, 0.3) is 0 Å². The predicted octanol–water partition coefficient (Wildman–Crippen LogP) is 3.17. The van der Waals surface area contributed by atoms with Gasteiger partial charge >= 0.3 is 5.97 Å². The van der Waals surface area contributed by atoms with Crippen LogP contribution in [0.25, 0.3) is 0 Å². The van der Waals surface area contributed by atoms with Gasteiger partial charge < -0.3 is 14.2 Å². The first-order valence-electron chi connectivity index (χ1n) is 6.74. The van der Waals surface area contributed by atoms with Crippen molar-refractivity contribution >= 4 is 5.97 Å². The molecule has 0 aliphatic heterocycles. The Morgan fingerprint density at radius 1 is 1.09 bits per heavy atom. The lowest BCUT2D eigenvalue weighted by molar-refractivity contribution is -0.143. The Morgan fingerprint density at radius 2 is 1.82 bits per heavy atom. The molecule has 116 valence electrons. The second-order valence-corrected chi connectivity index (χ2v) is 4.59. The zero-order valence-corrected chi connectivity index (χ0v) is 12.4. The van der Waals surface area contributed by atoms with Crippen molar-refractivity contribution in [2.75, 3.05) is 20.8 Å². The molecule has 1 atom stereocenters. The summed E-state index contributed by atoms with van der Waals surface area (Å²) >= 11 is 0. The van der Waals surface area contributed by atoms with Gasteiger partial charge in [-0.3, -0.25) is 4.79 Å². The molecule has 0 aromatic heterocycles. The molecule has 0 bridgehead atoms. The van der Waals surface area contributed by atoms with E-state index in [4.69, 9.17) is 14.2 Å². The molecular formula is C17H17FO4. The molecule has 0 saturated carbocycles. The summed E-state index contributed by atoms with van der Waals surface area (Å²) in [5.41, 5.74) is 0.247. The van der Waals surface area contributed by atoms with Crippen molar-refractivity contribution < 1.29 is 23.4 Å². The summed E-state index contributed by atoms with van der Waals surface area (Å²) in [5, 5.41) is 0. The Labute approximate surface area is 128 Å². The van der Waals surface area contributed by atoms with E-state index in [1.165, 1.54) is 13.2 Å². The molecule has 2 aromatic rings. The molecule has 0 aliphatic carbocycles. The first-order chi connectivity index (χ1) is 10.7. The summed E-state index contributed by atoms with van der Waals surface area (Å²) < 4.78 is 29.3. The van der Waals surface area contributed by atoms with Crippen molar-refractivity contribution in [2.45, 2.75) is 5.92 Å². The van der Waals surface area contributed by atoms with Crippen LogP contribution in [0.2, 0.25) is 0 Å². The molecule has 0 fully saturated rings. The zero-order valence-electron chi connectivity index (χ0n) is 12.4. The molecule has 2 rings (SSSR count). The van der Waals surface area contributed by atoms with Crippen LogP contribution < -0.4 is 9.47 Å². The van der Waals surface area contributed by atoms with Crippen LogP contribution in [0.5, 0.6) is 11.5 Å². The average Bonchev–Trinajstić information content (AvgIpc) is 2.56. The number of rotatable bonds is 6. The van der Waals surface area contributed by atoms with Crippen molar-refractivity contribution in [3.8, 4) is 11.5 Å². The highest BCUT2D eigenvalue weighted by atomic mass is 19.1. The summed E-state index contributed by atoms with van der Waals surface area (Å²) in [5.74, 6) is -0.680. The normalized spacial score (nSPS) is 11.6. The highest BCUT2D eigenvalue weighted by Crippen LogP contribution is 2.24. The van der Waals surface area contributed by atoms with Crippen LogP contribution in [0.15, 0.2) is 48.5 Å². The first kappa shape index (κ1) is 15.8. The molecule has 0 heterocycles. The average molecular weight is 304 g/mol. The molecule has 0 amide bonds. The van der Waals surface area contributed by atoms with E-state index in [0.717, 1.165) is 0 Å². The maximum atomic E-state index is 13.9. The fraction of sp³-hybridized carbons (Fsp3) is 0.235. The molecule has 4 nitrogen and oxygen atoms in total. The van der Waals surface area contributed by atoms with Gasteiger partial charge in [-0.25, -0.2) is 4.39 Å². The number of esters is 1. The fourth-order valence-electron chi connectivity index (χ4n) is 2.06. The largest absolute Gasteiger partial charge is 0.497 e. The lowest BCUT2D eigenvalue weighted by Gasteiger charge is -2.17. The summed E-state index contributed by atoms with van der Waals surface area (Å²) in [6, 6.07) is 13.1. The number of carbonyl (C=O) groups excluding carboxylic acids is 1. The number of halogens is 1. The van der Waals surface area contributed by atoms with Gasteiger partial charge in [0.05, 0.1) is 14.2 Å². The number of ether oxygens (including phenoxy) is 3. The minimum Gasteiger partial charge on any atom is -0.497 e. The van der Waals surface area contributed by atoms with E-state index in [-0.39, 0.29) is 12.2 Å². The molecule has 0 aliphatic rings. The van der Waals surface area contributed by atoms with Gasteiger partial charge in [0, 0.05) is 11.6 Å². The monoisotopic (exact) mass is 304 g/mol. The third kappa shape index (κ3) is 3.75. The number of methoxy groups -OCH3 is 2. The zero-order chi connectivity index (χ0) is 15.9. The maximum absolute atomic E-state index is 13.9. The summed E-state index contributed by atoms with van der Waals surface area (Å²) in [6.07, 6.45) is 0. The summed E-state index contributed by atoms with van der Waals surface area (Å²) in [4.78, 5) is 11.9. The molecule has 0 saturated heterocycles. The summed E-state index contributed by atoms with van der Waals surface area (Å²) in [7, 11) is 2.82. The van der Waals surface area contributed by atoms with E-state index in [9.17, 15) is 9.18 Å². The lowest BCUT2D eigenvalue weighted by Crippen LogP contribution is -2.22. The van der Waals surface area contributed by atoms with Crippen LogP contribution in [0.3, 0.4) is 0 Å². The Hall–Kier alpha value is -2.56. The van der Waals surface area contributed by atoms with Gasteiger partial charge in [0.15, 0.2) is 0 Å². The highest BCUT2D eigenvalue weighted by Gasteiger charge is 2.25. The van der Waals surface area contributed by atoms with Gasteiger partial charge in [-0.05, 0) is 18.2 Å². The second-order valence-electron chi connectivity index (χ2n) is 4.59. The Balaban J connectivity index is 2.17. The van der Waals surface area contributed by atoms with Gasteiger partial charge in [0.1, 0.15) is 29.8 Å². The molecule has 2 aromatic carbocycles. The smallest absolute Gasteiger partial charge is 0.316 e. The van der Waals surface area contributed by atoms with Gasteiger partial charge in [-0.2, -0.15) is 0 Å². The van der Waals surface area contributed by atoms with Crippen LogP contribution in [0.1, 0.15) is 11.5 Å². The quantitative estimate of drug-likeness (QED) is 0.769. The van der Waals surface area contributed by atoms with E-state index >= 15 is 0 Å². The lowest BCUT2D eigenvalue weighted by atomic mass is 9.99. The van der Waals surface area contributed by atoms with Crippen LogP contribution >= 0.6 is 0 Å². The number of hydrogen-bond acceptors (Lipinski definition) is 4. The Bertz CT molecular complexity index is 642. The van der Waals surface area contributed by atoms with E-state index < -0.39 is 17.7 Å². The molecule has 5 heteroatoms. The Kier molecular flexibility index (Phi) is 5.36. The molecular weight excluding hydrogens is 287 g/mol. The minimum atomic E-state index is -0.836. The fourth-order valence-corrected chi connectivity index (χ4v) is 2.06. The SMILES string of the molecule is COC(=O)C(COc1cccc(OC)c1)c1ccccc1F. The predicted molar refractivity (Wildman–Crippen MR) is 79.6 cm³/mol. The second kappa shape index (κ2) is 7.45. The topological polar surface area (TPSA) is 44.8 Å². The van der Waals surface area contributed by atoms with Crippen LogP contribution in [-0.2, 0) is 9.53 Å². The van der Waals surface area contributed by atoms with Gasteiger partial charge in [-0.15, -0.1) is 0 Å². The number of hydrogen-bond donors (Lipinski definition) is 0. The molecule has 22 heavy (non-hydrogen) atoms. The van der Waals surface area contributed by atoms with E-state index in [2.05, 4.69) is 0 Å². The number of carbonyl (C=O) groups is 1. The van der Waals surface area contributed by atoms with Crippen molar-refractivity contribution in [3.05, 3.63) is 59.9 Å². The number of benzene rings is 2. The van der Waals surface area contributed by atoms with Crippen LogP contribution in [0.4, 0.5) is 4.39 Å². The van der Waals surface area contributed by atoms with Crippen LogP contribution in [0, 0.1) is 5.82 Å². The van der Waals surface area contributed by atoms with E-state index in [1.807, 2.05) is 0 Å². The third-order valence-corrected chi connectivity index (χ3v) is 3.22. The molecule has 0 radical (unpaired) electrons. The minimum absolute atomic E-state index is 0.0270. The van der Waals surface area contributed by atoms with E-state index in [0.29, 0.717) is 11.5 Å². The van der Waals surface area contributed by atoms with Gasteiger partial charge in [0.2, 0.25) is 0 Å². The summed E-state index contributed by atoms with van der Waals surface area (Å²) in [6.45, 7) is -0.0270.